The second kappa shape index (κ2) is 8.73. The molecular formula is C24H28N6O. The van der Waals surface area contributed by atoms with Gasteiger partial charge in [0.15, 0.2) is 0 Å². The van der Waals surface area contributed by atoms with E-state index in [-0.39, 0.29) is 23.0 Å². The number of rotatable bonds is 6. The Hall–Kier alpha value is -3.45. The first-order valence-electron chi connectivity index (χ1n) is 10.4. The average molecular weight is 417 g/mol. The molecule has 1 aliphatic heterocycles. The highest BCUT2D eigenvalue weighted by Crippen LogP contribution is 2.29. The molecule has 1 fully saturated rings. The van der Waals surface area contributed by atoms with Gasteiger partial charge in [-0.25, -0.2) is 9.97 Å². The van der Waals surface area contributed by atoms with Crippen molar-refractivity contribution in [3.63, 3.8) is 0 Å². The minimum absolute atomic E-state index is 0.191. The van der Waals surface area contributed by atoms with Crippen LogP contribution in [0.5, 0.6) is 11.5 Å². The van der Waals surface area contributed by atoms with E-state index in [2.05, 4.69) is 34.4 Å². The maximum Gasteiger partial charge on any atom is 0.141 e. The van der Waals surface area contributed by atoms with E-state index < -0.39 is 0 Å². The largest absolute Gasteiger partial charge is 0.457 e. The average Bonchev–Trinajstić information content (AvgIpc) is 2.74. The molecule has 1 unspecified atom stereocenters. The highest BCUT2D eigenvalue weighted by molar-refractivity contribution is 6.16. The molecule has 0 amide bonds. The van der Waals surface area contributed by atoms with Crippen molar-refractivity contribution in [1.29, 1.82) is 5.41 Å². The maximum absolute atomic E-state index is 8.78. The highest BCUT2D eigenvalue weighted by atomic mass is 16.5. The Balaban J connectivity index is 1.54. The standard InChI is InChI=1S/C24H28N6O/c1-24(2)12-17(13-27-14-24)30-23-20(22(26)28-15-29-23)21(25)16-8-10-19(11-9-16)31-18-6-4-3-5-7-18/h3-11,15,17,25,27H,12-14H2,1-2H3,(H3,26,28,29,30). The van der Waals surface area contributed by atoms with Gasteiger partial charge in [0.1, 0.15) is 29.5 Å². The Labute approximate surface area is 182 Å². The predicted molar refractivity (Wildman–Crippen MR) is 124 cm³/mol. The zero-order chi connectivity index (χ0) is 21.8. The molecule has 1 atom stereocenters. The second-order valence-electron chi connectivity index (χ2n) is 8.64. The number of para-hydroxylation sites is 1. The number of aromatic nitrogens is 2. The number of anilines is 2. The Morgan fingerprint density at radius 2 is 1.81 bits per heavy atom. The maximum atomic E-state index is 8.78. The van der Waals surface area contributed by atoms with Crippen molar-refractivity contribution >= 4 is 17.3 Å². The number of piperidine rings is 1. The van der Waals surface area contributed by atoms with Crippen LogP contribution >= 0.6 is 0 Å². The van der Waals surface area contributed by atoms with Crippen molar-refractivity contribution in [2.75, 3.05) is 24.1 Å². The summed E-state index contributed by atoms with van der Waals surface area (Å²) in [6.45, 7) is 6.30. The summed E-state index contributed by atoms with van der Waals surface area (Å²) in [4.78, 5) is 8.53. The number of nitrogens with one attached hydrogen (secondary N) is 3. The molecule has 0 aliphatic carbocycles. The van der Waals surface area contributed by atoms with Crippen LogP contribution in [0.2, 0.25) is 0 Å². The molecule has 0 radical (unpaired) electrons. The second-order valence-corrected chi connectivity index (χ2v) is 8.64. The smallest absolute Gasteiger partial charge is 0.141 e. The lowest BCUT2D eigenvalue weighted by molar-refractivity contribution is 0.249. The molecular weight excluding hydrogens is 388 g/mol. The van der Waals surface area contributed by atoms with E-state index in [4.69, 9.17) is 15.9 Å². The summed E-state index contributed by atoms with van der Waals surface area (Å²) in [6.07, 6.45) is 2.44. The van der Waals surface area contributed by atoms with Crippen LogP contribution in [0.3, 0.4) is 0 Å². The van der Waals surface area contributed by atoms with Crippen molar-refractivity contribution in [3.05, 3.63) is 72.1 Å². The lowest BCUT2D eigenvalue weighted by atomic mass is 9.83. The van der Waals surface area contributed by atoms with Crippen LogP contribution in [-0.4, -0.2) is 34.8 Å². The van der Waals surface area contributed by atoms with E-state index in [1.165, 1.54) is 6.33 Å². The van der Waals surface area contributed by atoms with E-state index in [1.807, 2.05) is 54.6 Å². The van der Waals surface area contributed by atoms with Crippen LogP contribution in [-0.2, 0) is 0 Å². The van der Waals surface area contributed by atoms with E-state index >= 15 is 0 Å². The van der Waals surface area contributed by atoms with Crippen LogP contribution in [0.25, 0.3) is 0 Å². The lowest BCUT2D eigenvalue weighted by Crippen LogP contribution is -2.47. The number of hydrogen-bond donors (Lipinski definition) is 4. The quantitative estimate of drug-likeness (QED) is 0.451. The van der Waals surface area contributed by atoms with E-state index in [1.54, 1.807) is 0 Å². The Bertz CT molecular complexity index is 1050. The summed E-state index contributed by atoms with van der Waals surface area (Å²) in [5.41, 5.74) is 7.87. The molecule has 1 aliphatic rings. The number of hydrogen-bond acceptors (Lipinski definition) is 7. The summed E-state index contributed by atoms with van der Waals surface area (Å²) < 4.78 is 5.85. The SMILES string of the molecule is CC1(C)CNCC(Nc2ncnc(N)c2C(=N)c2ccc(Oc3ccccc3)cc2)C1. The molecule has 1 saturated heterocycles. The van der Waals surface area contributed by atoms with Gasteiger partial charge in [0, 0.05) is 24.7 Å². The first-order valence-corrected chi connectivity index (χ1v) is 10.4. The molecule has 4 rings (SSSR count). The predicted octanol–water partition coefficient (Wildman–Crippen LogP) is 4.07. The molecule has 2 aromatic carbocycles. The molecule has 7 heteroatoms. The number of nitrogen functional groups attached to an aromatic ring is 1. The zero-order valence-corrected chi connectivity index (χ0v) is 17.9. The molecule has 2 heterocycles. The number of nitrogens with zero attached hydrogens (tertiary/aromatic N) is 2. The van der Waals surface area contributed by atoms with Gasteiger partial charge in [0.05, 0.1) is 11.3 Å². The van der Waals surface area contributed by atoms with Gasteiger partial charge >= 0.3 is 0 Å². The third-order valence-electron chi connectivity index (χ3n) is 5.38. The van der Waals surface area contributed by atoms with E-state index in [9.17, 15) is 0 Å². The Morgan fingerprint density at radius 1 is 1.10 bits per heavy atom. The molecule has 0 spiro atoms. The minimum atomic E-state index is 0.191. The van der Waals surface area contributed by atoms with E-state index in [0.717, 1.165) is 25.3 Å². The van der Waals surface area contributed by atoms with Gasteiger partial charge in [-0.2, -0.15) is 0 Å². The Morgan fingerprint density at radius 3 is 2.52 bits per heavy atom. The summed E-state index contributed by atoms with van der Waals surface area (Å²) in [6, 6.07) is 17.2. The summed E-state index contributed by atoms with van der Waals surface area (Å²) >= 11 is 0. The molecule has 5 N–H and O–H groups in total. The number of ether oxygens (including phenoxy) is 1. The summed E-state index contributed by atoms with van der Waals surface area (Å²) in [7, 11) is 0. The fraction of sp³-hybridized carbons (Fsp3) is 0.292. The van der Waals surface area contributed by atoms with Crippen LogP contribution in [0.4, 0.5) is 11.6 Å². The van der Waals surface area contributed by atoms with Crippen molar-refractivity contribution in [2.24, 2.45) is 5.41 Å². The number of benzene rings is 2. The monoisotopic (exact) mass is 416 g/mol. The molecule has 0 bridgehead atoms. The zero-order valence-electron chi connectivity index (χ0n) is 17.9. The molecule has 7 nitrogen and oxygen atoms in total. The third-order valence-corrected chi connectivity index (χ3v) is 5.38. The highest BCUT2D eigenvalue weighted by Gasteiger charge is 2.29. The van der Waals surface area contributed by atoms with Gasteiger partial charge < -0.3 is 21.1 Å². The summed E-state index contributed by atoms with van der Waals surface area (Å²) in [5, 5.41) is 15.7. The van der Waals surface area contributed by atoms with Crippen LogP contribution in [0.1, 0.15) is 31.4 Å². The van der Waals surface area contributed by atoms with Crippen molar-refractivity contribution in [3.8, 4) is 11.5 Å². The third kappa shape index (κ3) is 5.00. The van der Waals surface area contributed by atoms with Gasteiger partial charge in [-0.3, -0.25) is 5.41 Å². The van der Waals surface area contributed by atoms with Crippen molar-refractivity contribution < 1.29 is 4.74 Å². The van der Waals surface area contributed by atoms with Crippen LogP contribution in [0, 0.1) is 10.8 Å². The molecule has 160 valence electrons. The lowest BCUT2D eigenvalue weighted by Gasteiger charge is -2.36. The molecule has 31 heavy (non-hydrogen) atoms. The molecule has 3 aromatic rings. The minimum Gasteiger partial charge on any atom is -0.457 e. The van der Waals surface area contributed by atoms with Gasteiger partial charge in [-0.15, -0.1) is 0 Å². The fourth-order valence-electron chi connectivity index (χ4n) is 3.91. The van der Waals surface area contributed by atoms with Crippen LogP contribution < -0.4 is 21.1 Å². The van der Waals surface area contributed by atoms with Gasteiger partial charge in [0.25, 0.3) is 0 Å². The molecule has 1 aromatic heterocycles. The van der Waals surface area contributed by atoms with Crippen LogP contribution in [0.15, 0.2) is 60.9 Å². The van der Waals surface area contributed by atoms with Crippen molar-refractivity contribution in [2.45, 2.75) is 26.3 Å². The van der Waals surface area contributed by atoms with Crippen molar-refractivity contribution in [1.82, 2.24) is 15.3 Å². The topological polar surface area (TPSA) is 109 Å². The fourth-order valence-corrected chi connectivity index (χ4v) is 3.91. The van der Waals surface area contributed by atoms with Gasteiger partial charge in [-0.1, -0.05) is 32.0 Å². The first kappa shape index (κ1) is 20.8. The summed E-state index contributed by atoms with van der Waals surface area (Å²) in [5.74, 6) is 2.34. The molecule has 0 saturated carbocycles. The number of nitrogens with two attached hydrogens (primary N) is 1. The van der Waals surface area contributed by atoms with Gasteiger partial charge in [0.2, 0.25) is 0 Å². The normalized spacial score (nSPS) is 17.7. The van der Waals surface area contributed by atoms with E-state index in [0.29, 0.717) is 22.7 Å². The first-order chi connectivity index (χ1) is 14.9. The Kier molecular flexibility index (Phi) is 5.86. The van der Waals surface area contributed by atoms with Gasteiger partial charge in [-0.05, 0) is 48.2 Å².